The number of halogens is 1. The number of rotatable bonds is 3. The lowest BCUT2D eigenvalue weighted by atomic mass is 9.90. The Kier molecular flexibility index (Phi) is 3.62. The third kappa shape index (κ3) is 2.36. The van der Waals surface area contributed by atoms with Gasteiger partial charge in [0.2, 0.25) is 5.88 Å². The number of nitrogens with zero attached hydrogens (tertiary/aromatic N) is 1. The molecule has 0 saturated carbocycles. The molecule has 1 aromatic carbocycles. The topological polar surface area (TPSA) is 52.0 Å². The first-order valence-corrected chi connectivity index (χ1v) is 6.39. The first kappa shape index (κ1) is 13.0. The molecule has 0 spiro atoms. The van der Waals surface area contributed by atoms with Gasteiger partial charge >= 0.3 is 0 Å². The van der Waals surface area contributed by atoms with Crippen LogP contribution in [0, 0.1) is 5.92 Å². The molecule has 0 aliphatic heterocycles. The monoisotopic (exact) mass is 264 g/mol. The SMILES string of the molecule is CC(C)C(C)c1noc(N)c1-c1ccc(Cl)cc1. The highest BCUT2D eigenvalue weighted by molar-refractivity contribution is 6.30. The normalized spacial score (nSPS) is 12.9. The van der Waals surface area contributed by atoms with Gasteiger partial charge in [0.15, 0.2) is 0 Å². The van der Waals surface area contributed by atoms with Crippen LogP contribution in [0.1, 0.15) is 32.4 Å². The Morgan fingerprint density at radius 3 is 2.33 bits per heavy atom. The van der Waals surface area contributed by atoms with E-state index in [2.05, 4.69) is 25.9 Å². The summed E-state index contributed by atoms with van der Waals surface area (Å²) >= 11 is 5.90. The van der Waals surface area contributed by atoms with Crippen LogP contribution in [0.25, 0.3) is 11.1 Å². The summed E-state index contributed by atoms with van der Waals surface area (Å²) in [6, 6.07) is 7.55. The van der Waals surface area contributed by atoms with Crippen LogP contribution in [0.15, 0.2) is 28.8 Å². The molecule has 0 aliphatic carbocycles. The van der Waals surface area contributed by atoms with E-state index in [1.807, 2.05) is 24.3 Å². The average molecular weight is 265 g/mol. The molecule has 1 heterocycles. The zero-order chi connectivity index (χ0) is 13.3. The molecular formula is C14H17ClN2O. The molecule has 18 heavy (non-hydrogen) atoms. The van der Waals surface area contributed by atoms with Gasteiger partial charge in [-0.25, -0.2) is 0 Å². The van der Waals surface area contributed by atoms with Crippen LogP contribution in [-0.2, 0) is 0 Å². The van der Waals surface area contributed by atoms with Crippen molar-refractivity contribution in [3.8, 4) is 11.1 Å². The fourth-order valence-corrected chi connectivity index (χ4v) is 1.98. The molecule has 2 aromatic rings. The third-order valence-corrected chi connectivity index (χ3v) is 3.56. The largest absolute Gasteiger partial charge is 0.367 e. The molecule has 4 heteroatoms. The summed E-state index contributed by atoms with van der Waals surface area (Å²) in [5.41, 5.74) is 8.66. The van der Waals surface area contributed by atoms with Crippen molar-refractivity contribution in [2.45, 2.75) is 26.7 Å². The van der Waals surface area contributed by atoms with E-state index in [0.29, 0.717) is 16.8 Å². The Morgan fingerprint density at radius 1 is 1.17 bits per heavy atom. The van der Waals surface area contributed by atoms with Crippen LogP contribution in [0.3, 0.4) is 0 Å². The molecule has 1 atom stereocenters. The fourth-order valence-electron chi connectivity index (χ4n) is 1.85. The average Bonchev–Trinajstić information content (AvgIpc) is 2.71. The number of hydrogen-bond donors (Lipinski definition) is 1. The van der Waals surface area contributed by atoms with Gasteiger partial charge in [0, 0.05) is 10.9 Å². The lowest BCUT2D eigenvalue weighted by molar-refractivity contribution is 0.407. The van der Waals surface area contributed by atoms with Crippen molar-refractivity contribution >= 4 is 17.5 Å². The number of nitrogen functional groups attached to an aromatic ring is 1. The van der Waals surface area contributed by atoms with Gasteiger partial charge in [-0.1, -0.05) is 49.7 Å². The van der Waals surface area contributed by atoms with E-state index in [1.165, 1.54) is 0 Å². The molecule has 0 aliphatic rings. The van der Waals surface area contributed by atoms with Crippen LogP contribution in [0.2, 0.25) is 5.02 Å². The van der Waals surface area contributed by atoms with Crippen LogP contribution in [0.5, 0.6) is 0 Å². The Bertz CT molecular complexity index is 531. The summed E-state index contributed by atoms with van der Waals surface area (Å²) in [5.74, 6) is 1.12. The quantitative estimate of drug-likeness (QED) is 0.897. The van der Waals surface area contributed by atoms with Gasteiger partial charge in [0.1, 0.15) is 0 Å². The lowest BCUT2D eigenvalue weighted by Gasteiger charge is -2.14. The molecule has 0 bridgehead atoms. The Balaban J connectivity index is 2.50. The molecule has 96 valence electrons. The Labute approximate surface area is 112 Å². The molecule has 0 saturated heterocycles. The van der Waals surface area contributed by atoms with Crippen LogP contribution < -0.4 is 5.73 Å². The summed E-state index contributed by atoms with van der Waals surface area (Å²) in [5, 5.41) is 4.80. The van der Waals surface area contributed by atoms with E-state index in [4.69, 9.17) is 21.9 Å². The van der Waals surface area contributed by atoms with Crippen LogP contribution in [0.4, 0.5) is 5.88 Å². The number of aromatic nitrogens is 1. The predicted molar refractivity (Wildman–Crippen MR) is 74.6 cm³/mol. The van der Waals surface area contributed by atoms with Crippen molar-refractivity contribution < 1.29 is 4.52 Å². The minimum Gasteiger partial charge on any atom is -0.367 e. The van der Waals surface area contributed by atoms with E-state index < -0.39 is 0 Å². The van der Waals surface area contributed by atoms with Crippen molar-refractivity contribution in [2.24, 2.45) is 5.92 Å². The minimum absolute atomic E-state index is 0.289. The number of benzene rings is 1. The van der Waals surface area contributed by atoms with Crippen molar-refractivity contribution in [3.05, 3.63) is 35.0 Å². The van der Waals surface area contributed by atoms with Crippen molar-refractivity contribution in [1.29, 1.82) is 0 Å². The summed E-state index contributed by atoms with van der Waals surface area (Å²) in [4.78, 5) is 0. The van der Waals surface area contributed by atoms with Gasteiger partial charge in [0.05, 0.1) is 11.3 Å². The summed E-state index contributed by atoms with van der Waals surface area (Å²) in [6.45, 7) is 6.43. The second-order valence-electron chi connectivity index (χ2n) is 4.85. The highest BCUT2D eigenvalue weighted by Gasteiger charge is 2.22. The van der Waals surface area contributed by atoms with Crippen molar-refractivity contribution in [2.75, 3.05) is 5.73 Å². The molecule has 2 rings (SSSR count). The van der Waals surface area contributed by atoms with Gasteiger partial charge in [0.25, 0.3) is 0 Å². The molecule has 2 N–H and O–H groups in total. The van der Waals surface area contributed by atoms with Gasteiger partial charge in [-0.2, -0.15) is 0 Å². The van der Waals surface area contributed by atoms with E-state index in [1.54, 1.807) is 0 Å². The second kappa shape index (κ2) is 5.02. The van der Waals surface area contributed by atoms with Crippen LogP contribution in [-0.4, -0.2) is 5.16 Å². The first-order chi connectivity index (χ1) is 8.50. The minimum atomic E-state index is 0.289. The first-order valence-electron chi connectivity index (χ1n) is 6.01. The lowest BCUT2D eigenvalue weighted by Crippen LogP contribution is -2.04. The van der Waals surface area contributed by atoms with Gasteiger partial charge in [-0.3, -0.25) is 0 Å². The summed E-state index contributed by atoms with van der Waals surface area (Å²) in [6.07, 6.45) is 0. The molecule has 1 unspecified atom stereocenters. The number of anilines is 1. The second-order valence-corrected chi connectivity index (χ2v) is 5.28. The standard InChI is InChI=1S/C14H17ClN2O/c1-8(2)9(3)13-12(14(16)18-17-13)10-4-6-11(15)7-5-10/h4-9H,16H2,1-3H3. The Hall–Kier alpha value is -1.48. The van der Waals surface area contributed by atoms with Crippen molar-refractivity contribution in [3.63, 3.8) is 0 Å². The van der Waals surface area contributed by atoms with E-state index in [-0.39, 0.29) is 5.92 Å². The summed E-state index contributed by atoms with van der Waals surface area (Å²) in [7, 11) is 0. The highest BCUT2D eigenvalue weighted by Crippen LogP contribution is 2.36. The van der Waals surface area contributed by atoms with E-state index in [9.17, 15) is 0 Å². The predicted octanol–water partition coefficient (Wildman–Crippen LogP) is 4.34. The van der Waals surface area contributed by atoms with E-state index in [0.717, 1.165) is 16.8 Å². The van der Waals surface area contributed by atoms with Gasteiger partial charge in [-0.15, -0.1) is 0 Å². The molecular weight excluding hydrogens is 248 g/mol. The van der Waals surface area contributed by atoms with Gasteiger partial charge < -0.3 is 10.3 Å². The van der Waals surface area contributed by atoms with E-state index >= 15 is 0 Å². The zero-order valence-corrected chi connectivity index (χ0v) is 11.5. The molecule has 0 radical (unpaired) electrons. The molecule has 0 fully saturated rings. The number of nitrogens with two attached hydrogens (primary N) is 1. The third-order valence-electron chi connectivity index (χ3n) is 3.31. The highest BCUT2D eigenvalue weighted by atomic mass is 35.5. The maximum absolute atomic E-state index is 5.90. The van der Waals surface area contributed by atoms with Crippen LogP contribution >= 0.6 is 11.6 Å². The zero-order valence-electron chi connectivity index (χ0n) is 10.8. The molecule has 1 aromatic heterocycles. The van der Waals surface area contributed by atoms with Crippen molar-refractivity contribution in [1.82, 2.24) is 5.16 Å². The maximum Gasteiger partial charge on any atom is 0.230 e. The summed E-state index contributed by atoms with van der Waals surface area (Å²) < 4.78 is 5.15. The smallest absolute Gasteiger partial charge is 0.230 e. The van der Waals surface area contributed by atoms with Gasteiger partial charge in [-0.05, 0) is 23.6 Å². The maximum atomic E-state index is 5.90. The number of hydrogen-bond acceptors (Lipinski definition) is 3. The molecule has 0 amide bonds. The molecule has 3 nitrogen and oxygen atoms in total. The Morgan fingerprint density at radius 2 is 1.78 bits per heavy atom. The fraction of sp³-hybridized carbons (Fsp3) is 0.357.